The smallest absolute Gasteiger partial charge is 0.0573 e. The Kier molecular flexibility index (Phi) is 2.57. The molecule has 1 fully saturated rings. The third-order valence-electron chi connectivity index (χ3n) is 3.05. The molecule has 2 N–H and O–H groups in total. The Balaban J connectivity index is 2.23. The van der Waals surface area contributed by atoms with Crippen LogP contribution in [0, 0.1) is 0 Å². The lowest BCUT2D eigenvalue weighted by atomic mass is 9.83. The molecular formula is C12H17NO. The first kappa shape index (κ1) is 9.69. The molecule has 2 unspecified atom stereocenters. The number of aliphatic hydroxyl groups excluding tert-OH is 1. The van der Waals surface area contributed by atoms with Gasteiger partial charge in [0.1, 0.15) is 0 Å². The molecule has 2 atom stereocenters. The zero-order valence-electron chi connectivity index (χ0n) is 8.53. The van der Waals surface area contributed by atoms with E-state index in [0.29, 0.717) is 0 Å². The van der Waals surface area contributed by atoms with Crippen LogP contribution in [0.4, 0.5) is 0 Å². The van der Waals surface area contributed by atoms with Crippen LogP contribution in [0.25, 0.3) is 0 Å². The van der Waals surface area contributed by atoms with E-state index in [0.717, 1.165) is 19.4 Å². The fourth-order valence-electron chi connectivity index (χ4n) is 2.19. The fourth-order valence-corrected chi connectivity index (χ4v) is 2.19. The van der Waals surface area contributed by atoms with Crippen molar-refractivity contribution in [3.05, 3.63) is 35.9 Å². The summed E-state index contributed by atoms with van der Waals surface area (Å²) in [7, 11) is 0. The molecule has 76 valence electrons. The number of hydrogen-bond donors (Lipinski definition) is 2. The highest BCUT2D eigenvalue weighted by atomic mass is 16.3. The molecule has 2 heteroatoms. The van der Waals surface area contributed by atoms with Crippen molar-refractivity contribution in [1.29, 1.82) is 0 Å². The summed E-state index contributed by atoms with van der Waals surface area (Å²) in [5.41, 5.74) is 1.21. The van der Waals surface area contributed by atoms with E-state index in [-0.39, 0.29) is 11.6 Å². The molecule has 1 aliphatic heterocycles. The summed E-state index contributed by atoms with van der Waals surface area (Å²) in [6, 6.07) is 10.3. The van der Waals surface area contributed by atoms with Crippen LogP contribution in [0.15, 0.2) is 30.3 Å². The average molecular weight is 191 g/mol. The van der Waals surface area contributed by atoms with Crippen LogP contribution in [0.1, 0.15) is 25.3 Å². The fraction of sp³-hybridized carbons (Fsp3) is 0.500. The SMILES string of the molecule is CC1(c2ccccc2)CC(O)CCN1. The first-order valence-corrected chi connectivity index (χ1v) is 5.19. The number of hydrogen-bond acceptors (Lipinski definition) is 2. The molecule has 2 nitrogen and oxygen atoms in total. The van der Waals surface area contributed by atoms with Gasteiger partial charge in [-0.05, 0) is 31.9 Å². The first-order chi connectivity index (χ1) is 6.71. The second-order valence-corrected chi connectivity index (χ2v) is 4.27. The molecule has 0 aliphatic carbocycles. The van der Waals surface area contributed by atoms with Crippen LogP contribution >= 0.6 is 0 Å². The summed E-state index contributed by atoms with van der Waals surface area (Å²) >= 11 is 0. The molecule has 1 aromatic rings. The highest BCUT2D eigenvalue weighted by Gasteiger charge is 2.32. The maximum atomic E-state index is 9.67. The largest absolute Gasteiger partial charge is 0.393 e. The third-order valence-corrected chi connectivity index (χ3v) is 3.05. The molecule has 2 rings (SSSR count). The van der Waals surface area contributed by atoms with E-state index in [9.17, 15) is 5.11 Å². The van der Waals surface area contributed by atoms with E-state index < -0.39 is 0 Å². The normalized spacial score (nSPS) is 32.9. The highest BCUT2D eigenvalue weighted by Crippen LogP contribution is 2.29. The molecule has 0 saturated carbocycles. The van der Waals surface area contributed by atoms with Gasteiger partial charge in [-0.25, -0.2) is 0 Å². The Morgan fingerprint density at radius 1 is 1.36 bits per heavy atom. The van der Waals surface area contributed by atoms with Gasteiger partial charge in [0.15, 0.2) is 0 Å². The summed E-state index contributed by atoms with van der Waals surface area (Å²) in [5.74, 6) is 0. The zero-order chi connectivity index (χ0) is 10.0. The van der Waals surface area contributed by atoms with Crippen molar-refractivity contribution in [3.63, 3.8) is 0 Å². The van der Waals surface area contributed by atoms with Gasteiger partial charge in [0.2, 0.25) is 0 Å². The van der Waals surface area contributed by atoms with E-state index in [1.807, 2.05) is 18.2 Å². The Morgan fingerprint density at radius 3 is 2.71 bits per heavy atom. The quantitative estimate of drug-likeness (QED) is 0.707. The Bertz CT molecular complexity index is 298. The van der Waals surface area contributed by atoms with E-state index >= 15 is 0 Å². The van der Waals surface area contributed by atoms with Crippen molar-refractivity contribution in [1.82, 2.24) is 5.32 Å². The van der Waals surface area contributed by atoms with Crippen LogP contribution < -0.4 is 5.32 Å². The van der Waals surface area contributed by atoms with E-state index in [4.69, 9.17) is 0 Å². The molecule has 1 aliphatic rings. The highest BCUT2D eigenvalue weighted by molar-refractivity contribution is 5.24. The minimum atomic E-state index is -0.165. The van der Waals surface area contributed by atoms with Crippen LogP contribution in [0.5, 0.6) is 0 Å². The summed E-state index contributed by atoms with van der Waals surface area (Å²) in [6.45, 7) is 3.05. The van der Waals surface area contributed by atoms with Crippen molar-refractivity contribution in [2.24, 2.45) is 0 Å². The van der Waals surface area contributed by atoms with Crippen LogP contribution in [-0.4, -0.2) is 17.8 Å². The number of benzene rings is 1. The summed E-state index contributed by atoms with van der Waals surface area (Å²) in [5, 5.41) is 13.1. The lowest BCUT2D eigenvalue weighted by Gasteiger charge is -2.38. The van der Waals surface area contributed by atoms with Gasteiger partial charge in [-0.15, -0.1) is 0 Å². The lowest BCUT2D eigenvalue weighted by molar-refractivity contribution is 0.0835. The molecule has 1 saturated heterocycles. The van der Waals surface area contributed by atoms with Crippen molar-refractivity contribution < 1.29 is 5.11 Å². The standard InChI is InChI=1S/C12H17NO/c1-12(9-11(14)7-8-13-12)10-5-3-2-4-6-10/h2-6,11,13-14H,7-9H2,1H3. The molecule has 0 spiro atoms. The van der Waals surface area contributed by atoms with Gasteiger partial charge in [0.25, 0.3) is 0 Å². The predicted molar refractivity (Wildman–Crippen MR) is 57.0 cm³/mol. The van der Waals surface area contributed by atoms with Crippen LogP contribution in [0.3, 0.4) is 0 Å². The second kappa shape index (κ2) is 3.71. The topological polar surface area (TPSA) is 32.3 Å². The lowest BCUT2D eigenvalue weighted by Crippen LogP contribution is -2.47. The minimum absolute atomic E-state index is 0.0566. The summed E-state index contributed by atoms with van der Waals surface area (Å²) in [6.07, 6.45) is 1.50. The van der Waals surface area contributed by atoms with Gasteiger partial charge < -0.3 is 10.4 Å². The van der Waals surface area contributed by atoms with E-state index in [1.165, 1.54) is 5.56 Å². The summed E-state index contributed by atoms with van der Waals surface area (Å²) < 4.78 is 0. The molecule has 1 heterocycles. The molecule has 0 amide bonds. The van der Waals surface area contributed by atoms with Crippen molar-refractivity contribution in [3.8, 4) is 0 Å². The number of rotatable bonds is 1. The van der Waals surface area contributed by atoms with Gasteiger partial charge in [0.05, 0.1) is 6.10 Å². The Hall–Kier alpha value is -0.860. The van der Waals surface area contributed by atoms with Crippen molar-refractivity contribution >= 4 is 0 Å². The van der Waals surface area contributed by atoms with Crippen molar-refractivity contribution in [2.75, 3.05) is 6.54 Å². The summed E-state index contributed by atoms with van der Waals surface area (Å²) in [4.78, 5) is 0. The number of nitrogens with one attached hydrogen (secondary N) is 1. The van der Waals surface area contributed by atoms with Crippen LogP contribution in [0.2, 0.25) is 0 Å². The zero-order valence-corrected chi connectivity index (χ0v) is 8.53. The van der Waals surface area contributed by atoms with Gasteiger partial charge in [-0.3, -0.25) is 0 Å². The number of piperidine rings is 1. The average Bonchev–Trinajstić information content (AvgIpc) is 2.19. The van der Waals surface area contributed by atoms with Gasteiger partial charge in [-0.2, -0.15) is 0 Å². The van der Waals surface area contributed by atoms with Gasteiger partial charge in [0, 0.05) is 5.54 Å². The maximum absolute atomic E-state index is 9.67. The van der Waals surface area contributed by atoms with Gasteiger partial charge >= 0.3 is 0 Å². The Morgan fingerprint density at radius 2 is 2.07 bits per heavy atom. The van der Waals surface area contributed by atoms with E-state index in [1.54, 1.807) is 0 Å². The Labute approximate surface area is 85.0 Å². The van der Waals surface area contributed by atoms with Crippen molar-refractivity contribution in [2.45, 2.75) is 31.4 Å². The molecule has 0 bridgehead atoms. The minimum Gasteiger partial charge on any atom is -0.393 e. The van der Waals surface area contributed by atoms with Gasteiger partial charge in [-0.1, -0.05) is 30.3 Å². The monoisotopic (exact) mass is 191 g/mol. The van der Waals surface area contributed by atoms with Crippen LogP contribution in [-0.2, 0) is 5.54 Å². The van der Waals surface area contributed by atoms with E-state index in [2.05, 4.69) is 24.4 Å². The number of aliphatic hydroxyl groups is 1. The molecule has 14 heavy (non-hydrogen) atoms. The third kappa shape index (κ3) is 1.81. The molecule has 0 aromatic heterocycles. The second-order valence-electron chi connectivity index (χ2n) is 4.27. The maximum Gasteiger partial charge on any atom is 0.0573 e. The molecular weight excluding hydrogens is 174 g/mol. The predicted octanol–water partition coefficient (Wildman–Crippen LogP) is 1.65. The molecule has 1 aromatic carbocycles. The molecule has 0 radical (unpaired) electrons. The first-order valence-electron chi connectivity index (χ1n) is 5.19.